The quantitative estimate of drug-likeness (QED) is 0.440. The van der Waals surface area contributed by atoms with Crippen LogP contribution in [0.2, 0.25) is 0 Å². The summed E-state index contributed by atoms with van der Waals surface area (Å²) in [6.07, 6.45) is 1.20. The number of hydrogen-bond donors (Lipinski definition) is 0. The molecule has 1 aromatic carbocycles. The van der Waals surface area contributed by atoms with Gasteiger partial charge >= 0.3 is 17.1 Å². The Balaban J connectivity index is 0.00000121. The summed E-state index contributed by atoms with van der Waals surface area (Å²) in [5.41, 5.74) is 1.35. The zero-order valence-corrected chi connectivity index (χ0v) is 9.98. The SMILES string of the molecule is C[PH+](C)Cc1ccccc1[S-].[Cu+]. The molecule has 12 heavy (non-hydrogen) atoms. The minimum atomic E-state index is -0.176. The molecule has 0 saturated heterocycles. The predicted molar refractivity (Wildman–Crippen MR) is 55.9 cm³/mol. The maximum Gasteiger partial charge on any atom is 1.00 e. The van der Waals surface area contributed by atoms with Gasteiger partial charge in [0.15, 0.2) is 0 Å². The molecule has 0 aromatic heterocycles. The second kappa shape index (κ2) is 5.94. The maximum atomic E-state index is 5.19. The Hall–Kier alpha value is 0.389. The minimum absolute atomic E-state index is 0. The monoisotopic (exact) mass is 247 g/mol. The van der Waals surface area contributed by atoms with E-state index in [-0.39, 0.29) is 25.0 Å². The Morgan fingerprint density at radius 2 is 1.83 bits per heavy atom. The molecule has 0 saturated carbocycles. The fourth-order valence-electron chi connectivity index (χ4n) is 1.03. The van der Waals surface area contributed by atoms with Crippen molar-refractivity contribution in [3.8, 4) is 0 Å². The molecule has 0 nitrogen and oxygen atoms in total. The van der Waals surface area contributed by atoms with Crippen LogP contribution in [-0.2, 0) is 35.9 Å². The van der Waals surface area contributed by atoms with Gasteiger partial charge in [0.05, 0.1) is 6.16 Å². The van der Waals surface area contributed by atoms with Crippen molar-refractivity contribution < 1.29 is 17.1 Å². The Labute approximate surface area is 91.8 Å². The van der Waals surface area contributed by atoms with Crippen LogP contribution in [0, 0.1) is 0 Å². The summed E-state index contributed by atoms with van der Waals surface area (Å²) in [5.74, 6) is 0. The van der Waals surface area contributed by atoms with Gasteiger partial charge in [-0.15, -0.1) is 0 Å². The van der Waals surface area contributed by atoms with E-state index in [0.717, 1.165) is 4.90 Å². The first-order valence-corrected chi connectivity index (χ1v) is 6.85. The van der Waals surface area contributed by atoms with E-state index in [1.54, 1.807) is 0 Å². The van der Waals surface area contributed by atoms with Crippen molar-refractivity contribution in [3.05, 3.63) is 29.8 Å². The molecule has 0 atom stereocenters. The van der Waals surface area contributed by atoms with Crippen molar-refractivity contribution in [1.29, 1.82) is 0 Å². The molecular weight excluding hydrogens is 235 g/mol. The standard InChI is InChI=1S/C9H13PS.Cu/c1-10(2)7-8-5-3-4-6-9(8)11;/h3-6,11H,7H2,1-2H3;/q;+1. The van der Waals surface area contributed by atoms with Gasteiger partial charge in [0.2, 0.25) is 0 Å². The molecule has 0 spiro atoms. The minimum Gasteiger partial charge on any atom is -0.779 e. The topological polar surface area (TPSA) is 0 Å². The fourth-order valence-corrected chi connectivity index (χ4v) is 2.45. The van der Waals surface area contributed by atoms with Crippen molar-refractivity contribution in [2.75, 3.05) is 13.3 Å². The Kier molecular flexibility index (Phi) is 6.13. The summed E-state index contributed by atoms with van der Waals surface area (Å²) in [7, 11) is -0.176. The molecule has 1 aromatic rings. The second-order valence-corrected chi connectivity index (χ2v) is 6.20. The summed E-state index contributed by atoms with van der Waals surface area (Å²) in [4.78, 5) is 1.03. The molecule has 0 aliphatic rings. The van der Waals surface area contributed by atoms with Crippen molar-refractivity contribution in [1.82, 2.24) is 0 Å². The van der Waals surface area contributed by atoms with E-state index in [2.05, 4.69) is 25.5 Å². The van der Waals surface area contributed by atoms with Gasteiger partial charge < -0.3 is 12.6 Å². The molecule has 0 unspecified atom stereocenters. The first kappa shape index (κ1) is 12.4. The van der Waals surface area contributed by atoms with E-state index in [4.69, 9.17) is 12.6 Å². The predicted octanol–water partition coefficient (Wildman–Crippen LogP) is 2.56. The second-order valence-electron chi connectivity index (χ2n) is 2.99. The first-order chi connectivity index (χ1) is 5.20. The van der Waals surface area contributed by atoms with Gasteiger partial charge in [0, 0.05) is 13.3 Å². The Bertz CT molecular complexity index is 238. The molecule has 70 valence electrons. The smallest absolute Gasteiger partial charge is 0.779 e. The van der Waals surface area contributed by atoms with Crippen LogP contribution in [0.3, 0.4) is 0 Å². The van der Waals surface area contributed by atoms with Crippen molar-refractivity contribution in [2.24, 2.45) is 0 Å². The Morgan fingerprint density at radius 1 is 1.25 bits per heavy atom. The summed E-state index contributed by atoms with van der Waals surface area (Å²) in [5, 5.41) is 0. The number of rotatable bonds is 2. The van der Waals surface area contributed by atoms with Crippen LogP contribution in [0.1, 0.15) is 5.56 Å². The third kappa shape index (κ3) is 3.87. The van der Waals surface area contributed by atoms with Gasteiger partial charge in [-0.3, -0.25) is 0 Å². The number of benzene rings is 1. The van der Waals surface area contributed by atoms with Gasteiger partial charge in [-0.05, 0) is 13.5 Å². The van der Waals surface area contributed by atoms with Gasteiger partial charge in [0.1, 0.15) is 0 Å². The van der Waals surface area contributed by atoms with Crippen LogP contribution in [-0.4, -0.2) is 13.3 Å². The molecule has 3 heteroatoms. The Morgan fingerprint density at radius 3 is 2.33 bits per heavy atom. The van der Waals surface area contributed by atoms with Gasteiger partial charge in [0.25, 0.3) is 0 Å². The van der Waals surface area contributed by atoms with Crippen LogP contribution >= 0.6 is 7.92 Å². The van der Waals surface area contributed by atoms with Crippen LogP contribution in [0.4, 0.5) is 0 Å². The summed E-state index contributed by atoms with van der Waals surface area (Å²) in [6.45, 7) is 4.62. The first-order valence-electron chi connectivity index (χ1n) is 3.74. The molecule has 0 N–H and O–H groups in total. The molecular formula is C9H13CuPS+. The van der Waals surface area contributed by atoms with Gasteiger partial charge in [-0.1, -0.05) is 24.3 Å². The van der Waals surface area contributed by atoms with Gasteiger partial charge in [-0.2, -0.15) is 4.90 Å². The third-order valence-electron chi connectivity index (χ3n) is 1.52. The molecule has 0 fully saturated rings. The molecule has 0 aliphatic carbocycles. The van der Waals surface area contributed by atoms with Crippen molar-refractivity contribution in [2.45, 2.75) is 11.1 Å². The molecule has 0 heterocycles. The van der Waals surface area contributed by atoms with Gasteiger partial charge in [-0.25, -0.2) is 0 Å². The van der Waals surface area contributed by atoms with E-state index >= 15 is 0 Å². The largest absolute Gasteiger partial charge is 1.00 e. The zero-order valence-electron chi connectivity index (χ0n) is 7.23. The normalized spacial score (nSPS) is 9.58. The van der Waals surface area contributed by atoms with Crippen molar-refractivity contribution >= 4 is 20.6 Å². The zero-order chi connectivity index (χ0) is 8.27. The van der Waals surface area contributed by atoms with E-state index in [0.29, 0.717) is 0 Å². The summed E-state index contributed by atoms with van der Waals surface area (Å²) < 4.78 is 0. The molecule has 0 radical (unpaired) electrons. The van der Waals surface area contributed by atoms with E-state index in [1.165, 1.54) is 11.7 Å². The van der Waals surface area contributed by atoms with Crippen LogP contribution in [0.25, 0.3) is 0 Å². The maximum absolute atomic E-state index is 5.19. The summed E-state index contributed by atoms with van der Waals surface area (Å²) >= 11 is 5.19. The average Bonchev–Trinajstić information content (AvgIpc) is 1.93. The van der Waals surface area contributed by atoms with Crippen LogP contribution < -0.4 is 0 Å². The van der Waals surface area contributed by atoms with E-state index in [9.17, 15) is 0 Å². The van der Waals surface area contributed by atoms with E-state index in [1.807, 2.05) is 12.1 Å². The summed E-state index contributed by atoms with van der Waals surface area (Å²) in [6, 6.07) is 8.22. The fraction of sp³-hybridized carbons (Fsp3) is 0.333. The molecule has 1 rings (SSSR count). The van der Waals surface area contributed by atoms with Crippen molar-refractivity contribution in [3.63, 3.8) is 0 Å². The van der Waals surface area contributed by atoms with E-state index < -0.39 is 0 Å². The third-order valence-corrected chi connectivity index (χ3v) is 3.00. The molecule has 0 aliphatic heterocycles. The van der Waals surface area contributed by atoms with Crippen LogP contribution in [0.15, 0.2) is 29.2 Å². The van der Waals surface area contributed by atoms with Crippen LogP contribution in [0.5, 0.6) is 0 Å². The molecule has 0 amide bonds. The number of hydrogen-bond acceptors (Lipinski definition) is 1. The average molecular weight is 248 g/mol. The molecule has 0 bridgehead atoms.